The number of hydrogen-bond acceptors (Lipinski definition) is 4. The summed E-state index contributed by atoms with van der Waals surface area (Å²) < 4.78 is 0. The molecule has 1 aromatic rings. The molecule has 5 heterocycles. The van der Waals surface area contributed by atoms with Gasteiger partial charge in [0.25, 0.3) is 0 Å². The van der Waals surface area contributed by atoms with Gasteiger partial charge in [0, 0.05) is 51.7 Å². The van der Waals surface area contributed by atoms with E-state index < -0.39 is 5.60 Å². The summed E-state index contributed by atoms with van der Waals surface area (Å²) in [5.74, 6) is 0.361. The lowest BCUT2D eigenvalue weighted by atomic mass is 9.57. The predicted molar refractivity (Wildman–Crippen MR) is 99.7 cm³/mol. The number of hydrogen-bond donors (Lipinski definition) is 1. The monoisotopic (exact) mass is 341 g/mol. The van der Waals surface area contributed by atoms with Gasteiger partial charge in [0.15, 0.2) is 0 Å². The van der Waals surface area contributed by atoms with Crippen molar-refractivity contribution in [2.24, 2.45) is 5.92 Å². The van der Waals surface area contributed by atoms with Crippen molar-refractivity contribution in [3.8, 4) is 0 Å². The predicted octanol–water partition coefficient (Wildman–Crippen LogP) is 1.40. The molecule has 0 aliphatic carbocycles. The minimum atomic E-state index is -0.608. The van der Waals surface area contributed by atoms with Crippen molar-refractivity contribution in [2.75, 3.05) is 58.9 Å². The van der Waals surface area contributed by atoms with Crippen LogP contribution in [0.2, 0.25) is 0 Å². The fraction of sp³-hybridized carbons (Fsp3) is 0.714. The zero-order valence-corrected chi connectivity index (χ0v) is 15.2. The first-order valence-corrected chi connectivity index (χ1v) is 10.1. The summed E-state index contributed by atoms with van der Waals surface area (Å²) in [4.78, 5) is 7.79. The lowest BCUT2D eigenvalue weighted by Crippen LogP contribution is -2.76. The van der Waals surface area contributed by atoms with Gasteiger partial charge in [-0.3, -0.25) is 0 Å². The average Bonchev–Trinajstić information content (AvgIpc) is 2.91. The number of rotatable bonds is 3. The van der Waals surface area contributed by atoms with Crippen molar-refractivity contribution in [3.63, 3.8) is 0 Å². The summed E-state index contributed by atoms with van der Waals surface area (Å²) in [5.41, 5.74) is 0.586. The molecule has 4 nitrogen and oxygen atoms in total. The van der Waals surface area contributed by atoms with E-state index in [9.17, 15) is 5.11 Å². The van der Waals surface area contributed by atoms with E-state index in [0.717, 1.165) is 58.9 Å². The fourth-order valence-electron chi connectivity index (χ4n) is 6.14. The number of aliphatic hydroxyl groups is 1. The zero-order chi connectivity index (χ0) is 16.9. The zero-order valence-electron chi connectivity index (χ0n) is 15.2. The number of fused-ring (bicyclic) bond motifs is 1. The van der Waals surface area contributed by atoms with Gasteiger partial charge in [-0.1, -0.05) is 36.8 Å². The highest BCUT2D eigenvalue weighted by Gasteiger charge is 2.63. The molecule has 5 fully saturated rings. The molecule has 4 bridgehead atoms. The van der Waals surface area contributed by atoms with Gasteiger partial charge in [-0.25, -0.2) is 0 Å². The number of likely N-dealkylation sites (tertiary alicyclic amines) is 1. The van der Waals surface area contributed by atoms with Crippen LogP contribution in [-0.2, 0) is 5.41 Å². The number of β-amino-alcohol motifs (C(OH)–C–C–N with tert-alkyl or cyclic N) is 1. The minimum absolute atomic E-state index is 0.149. The normalized spacial score (nSPS) is 44.0. The van der Waals surface area contributed by atoms with Crippen molar-refractivity contribution in [1.82, 2.24) is 14.7 Å². The van der Waals surface area contributed by atoms with Crippen molar-refractivity contribution in [3.05, 3.63) is 35.9 Å². The first-order chi connectivity index (χ1) is 12.2. The van der Waals surface area contributed by atoms with E-state index in [-0.39, 0.29) is 5.41 Å². The largest absolute Gasteiger partial charge is 0.387 e. The molecule has 25 heavy (non-hydrogen) atoms. The van der Waals surface area contributed by atoms with Crippen LogP contribution in [0.5, 0.6) is 0 Å². The van der Waals surface area contributed by atoms with E-state index in [2.05, 4.69) is 45.0 Å². The Hall–Kier alpha value is -0.940. The van der Waals surface area contributed by atoms with Crippen LogP contribution in [0.25, 0.3) is 0 Å². The molecule has 0 spiro atoms. The SMILES string of the molecule is O[C@@]1(CN2CCCCC2)C2CN3CCN(C2)CC1(c1ccccc1)C3. The second-order valence-electron chi connectivity index (χ2n) is 8.88. The smallest absolute Gasteiger partial charge is 0.0947 e. The second kappa shape index (κ2) is 6.05. The van der Waals surface area contributed by atoms with E-state index in [0.29, 0.717) is 5.92 Å². The van der Waals surface area contributed by atoms with Crippen molar-refractivity contribution in [2.45, 2.75) is 30.3 Å². The van der Waals surface area contributed by atoms with Crippen LogP contribution in [0.15, 0.2) is 30.3 Å². The molecule has 0 saturated carbocycles. The van der Waals surface area contributed by atoms with Crippen molar-refractivity contribution in [1.29, 1.82) is 0 Å². The summed E-state index contributed by atoms with van der Waals surface area (Å²) in [6, 6.07) is 10.9. The quantitative estimate of drug-likeness (QED) is 0.900. The lowest BCUT2D eigenvalue weighted by Gasteiger charge is -2.62. The van der Waals surface area contributed by atoms with Crippen LogP contribution in [-0.4, -0.2) is 84.3 Å². The maximum atomic E-state index is 12.3. The summed E-state index contributed by atoms with van der Waals surface area (Å²) in [6.45, 7) is 9.64. The lowest BCUT2D eigenvalue weighted by molar-refractivity contribution is -0.173. The molecule has 5 aliphatic rings. The third-order valence-electron chi connectivity index (χ3n) is 7.42. The Morgan fingerprint density at radius 2 is 1.52 bits per heavy atom. The maximum absolute atomic E-state index is 12.3. The summed E-state index contributed by atoms with van der Waals surface area (Å²) >= 11 is 0. The van der Waals surface area contributed by atoms with Crippen LogP contribution in [0.3, 0.4) is 0 Å². The van der Waals surface area contributed by atoms with Crippen LogP contribution in [0, 0.1) is 5.92 Å². The molecular formula is C21H31N3O. The van der Waals surface area contributed by atoms with E-state index in [4.69, 9.17) is 0 Å². The van der Waals surface area contributed by atoms with Crippen LogP contribution in [0.4, 0.5) is 0 Å². The highest BCUT2D eigenvalue weighted by Crippen LogP contribution is 2.50. The molecule has 5 saturated heterocycles. The topological polar surface area (TPSA) is 30.0 Å². The molecular weight excluding hydrogens is 310 g/mol. The second-order valence-corrected chi connectivity index (χ2v) is 8.88. The Balaban J connectivity index is 1.57. The van der Waals surface area contributed by atoms with Gasteiger partial charge >= 0.3 is 0 Å². The summed E-state index contributed by atoms with van der Waals surface area (Å²) in [5, 5.41) is 12.3. The Morgan fingerprint density at radius 1 is 0.880 bits per heavy atom. The molecule has 1 N–H and O–H groups in total. The number of piperidine rings is 3. The van der Waals surface area contributed by atoms with Gasteiger partial charge in [-0.15, -0.1) is 0 Å². The van der Waals surface area contributed by atoms with Gasteiger partial charge in [0.2, 0.25) is 0 Å². The molecule has 1 aromatic carbocycles. The molecule has 0 aromatic heterocycles. The highest BCUT2D eigenvalue weighted by atomic mass is 16.3. The van der Waals surface area contributed by atoms with Crippen molar-refractivity contribution >= 4 is 0 Å². The standard InChI is InChI=1S/C21H31N3O/c25-21(17-22-9-5-2-6-10-22)19-13-23-11-12-24(14-19)16-20(21,15-23)18-7-3-1-4-8-18/h1,3-4,7-8,19,25H,2,5-6,9-17H2/t19?,20?,21-/m0/s1. The number of benzene rings is 1. The Bertz CT molecular complexity index is 599. The van der Waals surface area contributed by atoms with Gasteiger partial charge in [0.05, 0.1) is 11.0 Å². The van der Waals surface area contributed by atoms with Crippen LogP contribution in [0.1, 0.15) is 24.8 Å². The van der Waals surface area contributed by atoms with E-state index in [1.165, 1.54) is 24.8 Å². The van der Waals surface area contributed by atoms with Gasteiger partial charge in [0.1, 0.15) is 0 Å². The Kier molecular flexibility index (Phi) is 3.93. The first-order valence-electron chi connectivity index (χ1n) is 10.1. The van der Waals surface area contributed by atoms with Crippen molar-refractivity contribution < 1.29 is 5.11 Å². The molecule has 2 unspecified atom stereocenters. The Labute approximate surface area is 151 Å². The Morgan fingerprint density at radius 3 is 2.16 bits per heavy atom. The third-order valence-corrected chi connectivity index (χ3v) is 7.42. The van der Waals surface area contributed by atoms with Gasteiger partial charge in [-0.2, -0.15) is 0 Å². The van der Waals surface area contributed by atoms with Crippen LogP contribution >= 0.6 is 0 Å². The first kappa shape index (κ1) is 16.2. The fourth-order valence-corrected chi connectivity index (χ4v) is 6.14. The molecule has 6 rings (SSSR count). The molecule has 0 amide bonds. The summed E-state index contributed by atoms with van der Waals surface area (Å²) in [6.07, 6.45) is 3.93. The maximum Gasteiger partial charge on any atom is 0.0947 e. The van der Waals surface area contributed by atoms with Crippen LogP contribution < -0.4 is 0 Å². The molecule has 0 radical (unpaired) electrons. The number of nitrogens with zero attached hydrogens (tertiary/aromatic N) is 3. The third kappa shape index (κ3) is 2.49. The highest BCUT2D eigenvalue weighted by molar-refractivity contribution is 5.36. The molecule has 3 atom stereocenters. The van der Waals surface area contributed by atoms with E-state index in [1.807, 2.05) is 0 Å². The van der Waals surface area contributed by atoms with E-state index in [1.54, 1.807) is 0 Å². The van der Waals surface area contributed by atoms with Gasteiger partial charge in [-0.05, 0) is 31.5 Å². The summed E-state index contributed by atoms with van der Waals surface area (Å²) in [7, 11) is 0. The molecule has 4 heteroatoms. The molecule has 5 aliphatic heterocycles. The van der Waals surface area contributed by atoms with E-state index >= 15 is 0 Å². The minimum Gasteiger partial charge on any atom is -0.387 e. The average molecular weight is 341 g/mol. The van der Waals surface area contributed by atoms with Gasteiger partial charge < -0.3 is 19.8 Å². The molecule has 136 valence electrons.